The van der Waals surface area contributed by atoms with Gasteiger partial charge in [0, 0.05) is 25.4 Å². The first-order valence-electron chi connectivity index (χ1n) is 7.61. The second-order valence-corrected chi connectivity index (χ2v) is 8.29. The molecule has 1 unspecified atom stereocenters. The normalized spacial score (nSPS) is 25.3. The molecule has 3 rings (SSSR count). The van der Waals surface area contributed by atoms with Crippen molar-refractivity contribution < 1.29 is 17.9 Å². The minimum atomic E-state index is -3.18. The van der Waals surface area contributed by atoms with E-state index < -0.39 is 22.0 Å². The van der Waals surface area contributed by atoms with Crippen LogP contribution in [0.5, 0.6) is 0 Å². The molecule has 1 saturated heterocycles. The van der Waals surface area contributed by atoms with Crippen molar-refractivity contribution in [3.8, 4) is 0 Å². The first-order chi connectivity index (χ1) is 10.4. The minimum Gasteiger partial charge on any atom is -0.446 e. The molecule has 0 radical (unpaired) electrons. The van der Waals surface area contributed by atoms with Gasteiger partial charge in [0.25, 0.3) is 0 Å². The van der Waals surface area contributed by atoms with Gasteiger partial charge in [-0.2, -0.15) is 5.10 Å². The average Bonchev–Trinajstić information content (AvgIpc) is 2.75. The highest BCUT2D eigenvalue weighted by molar-refractivity contribution is 7.91. The number of hydrogen-bond acceptors (Lipinski definition) is 5. The molecule has 0 spiro atoms. The van der Waals surface area contributed by atoms with Crippen LogP contribution in [0.4, 0.5) is 4.79 Å². The number of sulfone groups is 1. The van der Waals surface area contributed by atoms with E-state index in [0.717, 1.165) is 24.8 Å². The summed E-state index contributed by atoms with van der Waals surface area (Å²) in [5.74, 6) is 0.0371. The highest BCUT2D eigenvalue weighted by Gasteiger charge is 2.35. The summed E-state index contributed by atoms with van der Waals surface area (Å²) in [6, 6.07) is -0.520. The monoisotopic (exact) mass is 327 g/mol. The quantitative estimate of drug-likeness (QED) is 0.817. The van der Waals surface area contributed by atoms with Crippen molar-refractivity contribution in [2.45, 2.75) is 37.8 Å². The van der Waals surface area contributed by atoms with Crippen molar-refractivity contribution in [3.05, 3.63) is 18.0 Å². The standard InChI is InChI=1S/C14H21N3O4S/c1-16-9-11(8-15-16)13-10-22(19,20)7-3-6-17(13)14(18)21-12-4-2-5-12/h8-9,12-13H,2-7,10H2,1H3. The van der Waals surface area contributed by atoms with E-state index in [0.29, 0.717) is 13.0 Å². The number of aromatic nitrogens is 2. The number of nitrogens with zero attached hydrogens (tertiary/aromatic N) is 3. The van der Waals surface area contributed by atoms with Gasteiger partial charge in [-0.1, -0.05) is 0 Å². The third-order valence-corrected chi connectivity index (χ3v) is 6.04. The number of carbonyl (C=O) groups excluding carboxylic acids is 1. The minimum absolute atomic E-state index is 0.0121. The maximum atomic E-state index is 12.4. The number of hydrogen-bond donors (Lipinski definition) is 0. The van der Waals surface area contributed by atoms with Gasteiger partial charge in [0.15, 0.2) is 9.84 Å². The van der Waals surface area contributed by atoms with Crippen molar-refractivity contribution in [2.75, 3.05) is 18.1 Å². The van der Waals surface area contributed by atoms with Gasteiger partial charge in [-0.15, -0.1) is 0 Å². The van der Waals surface area contributed by atoms with Crippen LogP contribution < -0.4 is 0 Å². The second-order valence-electron chi connectivity index (χ2n) is 6.06. The van der Waals surface area contributed by atoms with E-state index >= 15 is 0 Å². The Morgan fingerprint density at radius 1 is 1.36 bits per heavy atom. The first-order valence-corrected chi connectivity index (χ1v) is 9.43. The molecule has 8 heteroatoms. The van der Waals surface area contributed by atoms with E-state index in [4.69, 9.17) is 4.74 Å². The van der Waals surface area contributed by atoms with E-state index in [9.17, 15) is 13.2 Å². The van der Waals surface area contributed by atoms with Crippen LogP contribution in [0.25, 0.3) is 0 Å². The van der Waals surface area contributed by atoms with Crippen molar-refractivity contribution in [1.82, 2.24) is 14.7 Å². The molecular weight excluding hydrogens is 306 g/mol. The molecule has 1 atom stereocenters. The van der Waals surface area contributed by atoms with Crippen LogP contribution in [0.2, 0.25) is 0 Å². The Kier molecular flexibility index (Phi) is 4.12. The fourth-order valence-corrected chi connectivity index (χ4v) is 4.42. The van der Waals surface area contributed by atoms with Crippen LogP contribution in [-0.2, 0) is 21.6 Å². The van der Waals surface area contributed by atoms with Gasteiger partial charge >= 0.3 is 6.09 Å². The predicted molar refractivity (Wildman–Crippen MR) is 80.0 cm³/mol. The van der Waals surface area contributed by atoms with Gasteiger partial charge in [-0.25, -0.2) is 13.2 Å². The summed E-state index contributed by atoms with van der Waals surface area (Å²) in [5, 5.41) is 4.10. The Morgan fingerprint density at radius 3 is 2.73 bits per heavy atom. The summed E-state index contributed by atoms with van der Waals surface area (Å²) < 4.78 is 31.3. The van der Waals surface area contributed by atoms with Crippen molar-refractivity contribution >= 4 is 15.9 Å². The molecule has 2 heterocycles. The van der Waals surface area contributed by atoms with E-state index in [2.05, 4.69) is 5.10 Å². The summed E-state index contributed by atoms with van der Waals surface area (Å²) in [7, 11) is -1.41. The van der Waals surface area contributed by atoms with E-state index in [1.165, 1.54) is 0 Å². The summed E-state index contributed by atoms with van der Waals surface area (Å²) >= 11 is 0. The lowest BCUT2D eigenvalue weighted by molar-refractivity contribution is 0.0203. The van der Waals surface area contributed by atoms with Crippen molar-refractivity contribution in [2.24, 2.45) is 7.05 Å². The molecule has 1 aliphatic heterocycles. The molecule has 1 saturated carbocycles. The van der Waals surface area contributed by atoms with Gasteiger partial charge < -0.3 is 4.74 Å². The lowest BCUT2D eigenvalue weighted by atomic mass is 9.96. The Balaban J connectivity index is 1.84. The Hall–Kier alpha value is -1.57. The first kappa shape index (κ1) is 15.3. The Bertz CT molecular complexity index is 651. The van der Waals surface area contributed by atoms with E-state index in [-0.39, 0.29) is 17.6 Å². The number of ether oxygens (including phenoxy) is 1. The maximum absolute atomic E-state index is 12.4. The van der Waals surface area contributed by atoms with Gasteiger partial charge in [0.1, 0.15) is 6.10 Å². The van der Waals surface area contributed by atoms with E-state index in [1.807, 2.05) is 0 Å². The predicted octanol–water partition coefficient (Wildman–Crippen LogP) is 1.27. The zero-order chi connectivity index (χ0) is 15.7. The van der Waals surface area contributed by atoms with Crippen LogP contribution in [-0.4, -0.2) is 53.3 Å². The number of aryl methyl sites for hydroxylation is 1. The molecule has 122 valence electrons. The summed E-state index contributed by atoms with van der Waals surface area (Å²) in [6.07, 6.45) is 6.28. The molecule has 22 heavy (non-hydrogen) atoms. The van der Waals surface area contributed by atoms with Gasteiger partial charge in [-0.05, 0) is 25.7 Å². The molecule has 1 aliphatic carbocycles. The van der Waals surface area contributed by atoms with Gasteiger partial charge in [0.2, 0.25) is 0 Å². The number of carbonyl (C=O) groups is 1. The second kappa shape index (κ2) is 5.91. The number of rotatable bonds is 2. The lowest BCUT2D eigenvalue weighted by Gasteiger charge is -2.32. The lowest BCUT2D eigenvalue weighted by Crippen LogP contribution is -2.40. The Morgan fingerprint density at radius 2 is 2.14 bits per heavy atom. The molecule has 0 aromatic carbocycles. The molecule has 2 fully saturated rings. The van der Waals surface area contributed by atoms with Gasteiger partial charge in [-0.3, -0.25) is 9.58 Å². The van der Waals surface area contributed by atoms with Gasteiger partial charge in [0.05, 0.1) is 23.7 Å². The fourth-order valence-electron chi connectivity index (χ4n) is 2.83. The van der Waals surface area contributed by atoms with Crippen LogP contribution in [0.15, 0.2) is 12.4 Å². The summed E-state index contributed by atoms with van der Waals surface area (Å²) in [5.41, 5.74) is 0.735. The van der Waals surface area contributed by atoms with Crippen LogP contribution >= 0.6 is 0 Å². The van der Waals surface area contributed by atoms with Crippen molar-refractivity contribution in [3.63, 3.8) is 0 Å². The third kappa shape index (κ3) is 3.26. The van der Waals surface area contributed by atoms with Crippen LogP contribution in [0, 0.1) is 0 Å². The average molecular weight is 327 g/mol. The zero-order valence-corrected chi connectivity index (χ0v) is 13.5. The van der Waals surface area contributed by atoms with Crippen LogP contribution in [0.3, 0.4) is 0 Å². The Labute approximate surface area is 130 Å². The zero-order valence-electron chi connectivity index (χ0n) is 12.6. The topological polar surface area (TPSA) is 81.5 Å². The molecule has 1 amide bonds. The number of amides is 1. The molecule has 1 aromatic heterocycles. The fraction of sp³-hybridized carbons (Fsp3) is 0.714. The highest BCUT2D eigenvalue weighted by Crippen LogP contribution is 2.29. The maximum Gasteiger partial charge on any atom is 0.410 e. The SMILES string of the molecule is Cn1cc(C2CS(=O)(=O)CCCN2C(=O)OC2CCC2)cn1. The molecule has 0 bridgehead atoms. The molecule has 7 nitrogen and oxygen atoms in total. The summed E-state index contributed by atoms with van der Waals surface area (Å²) in [6.45, 7) is 0.393. The van der Waals surface area contributed by atoms with E-state index in [1.54, 1.807) is 29.0 Å². The smallest absolute Gasteiger partial charge is 0.410 e. The third-order valence-electron chi connectivity index (χ3n) is 4.31. The molecule has 0 N–H and O–H groups in total. The van der Waals surface area contributed by atoms with Crippen molar-refractivity contribution in [1.29, 1.82) is 0 Å². The van der Waals surface area contributed by atoms with Crippen LogP contribution in [0.1, 0.15) is 37.3 Å². The molecule has 1 aromatic rings. The molecular formula is C14H21N3O4S. The molecule has 2 aliphatic rings. The largest absolute Gasteiger partial charge is 0.446 e. The highest BCUT2D eigenvalue weighted by atomic mass is 32.2. The summed E-state index contributed by atoms with van der Waals surface area (Å²) in [4.78, 5) is 14.0.